The van der Waals surface area contributed by atoms with Crippen LogP contribution in [-0.2, 0) is 4.74 Å². The van der Waals surface area contributed by atoms with Crippen LogP contribution < -0.4 is 0 Å². The first-order chi connectivity index (χ1) is 6.35. The van der Waals surface area contributed by atoms with Crippen LogP contribution in [0.4, 0.5) is 4.39 Å². The minimum atomic E-state index is -0.270. The Morgan fingerprint density at radius 1 is 1.46 bits per heavy atom. The fourth-order valence-electron chi connectivity index (χ4n) is 0.819. The molecule has 0 aliphatic rings. The van der Waals surface area contributed by atoms with Gasteiger partial charge < -0.3 is 4.74 Å². The number of allylic oxidation sites excluding steroid dienone is 4. The summed E-state index contributed by atoms with van der Waals surface area (Å²) in [4.78, 5) is 0. The van der Waals surface area contributed by atoms with Gasteiger partial charge in [-0.05, 0) is 31.9 Å². The fraction of sp³-hybridized carbons (Fsp3) is 0.455. The van der Waals surface area contributed by atoms with E-state index in [1.54, 1.807) is 12.2 Å². The third-order valence-electron chi connectivity index (χ3n) is 1.41. The van der Waals surface area contributed by atoms with Crippen LogP contribution in [0.3, 0.4) is 0 Å². The van der Waals surface area contributed by atoms with Gasteiger partial charge in [-0.15, -0.1) is 0 Å². The molecule has 0 spiro atoms. The van der Waals surface area contributed by atoms with Gasteiger partial charge in [-0.2, -0.15) is 0 Å². The summed E-state index contributed by atoms with van der Waals surface area (Å²) >= 11 is 0. The van der Waals surface area contributed by atoms with Crippen LogP contribution in [0.2, 0.25) is 0 Å². The summed E-state index contributed by atoms with van der Waals surface area (Å²) in [5, 5.41) is 0. The molecule has 1 nitrogen and oxygen atoms in total. The van der Waals surface area contributed by atoms with Gasteiger partial charge in [-0.3, -0.25) is 4.39 Å². The van der Waals surface area contributed by atoms with Crippen molar-refractivity contribution in [3.63, 3.8) is 0 Å². The van der Waals surface area contributed by atoms with Crippen molar-refractivity contribution in [2.24, 2.45) is 0 Å². The molecule has 0 aromatic rings. The minimum absolute atomic E-state index is 0.270. The number of hydrogen-bond acceptors (Lipinski definition) is 1. The lowest BCUT2D eigenvalue weighted by atomic mass is 10.3. The molecule has 0 fully saturated rings. The molecule has 0 N–H and O–H groups in total. The number of halogens is 1. The highest BCUT2D eigenvalue weighted by atomic mass is 19.1. The second kappa shape index (κ2) is 9.04. The quantitative estimate of drug-likeness (QED) is 0.335. The topological polar surface area (TPSA) is 9.23 Å². The van der Waals surface area contributed by atoms with E-state index in [4.69, 9.17) is 4.74 Å². The second-order valence-electron chi connectivity index (χ2n) is 2.55. The van der Waals surface area contributed by atoms with E-state index < -0.39 is 0 Å². The predicted molar refractivity (Wildman–Crippen MR) is 54.3 cm³/mol. The summed E-state index contributed by atoms with van der Waals surface area (Å²) in [5.74, 6) is 0.774. The molecule has 0 aromatic carbocycles. The lowest BCUT2D eigenvalue weighted by molar-refractivity contribution is 0.214. The third kappa shape index (κ3) is 7.32. The van der Waals surface area contributed by atoms with Gasteiger partial charge in [-0.25, -0.2) is 0 Å². The smallest absolute Gasteiger partial charge is 0.118 e. The zero-order valence-electron chi connectivity index (χ0n) is 8.13. The van der Waals surface area contributed by atoms with Crippen molar-refractivity contribution in [1.82, 2.24) is 0 Å². The molecule has 0 aromatic heterocycles. The lowest BCUT2D eigenvalue weighted by Crippen LogP contribution is -1.93. The van der Waals surface area contributed by atoms with E-state index in [-0.39, 0.29) is 6.67 Å². The van der Waals surface area contributed by atoms with Crippen molar-refractivity contribution < 1.29 is 9.13 Å². The number of ether oxygens (including phenoxy) is 1. The first-order valence-corrected chi connectivity index (χ1v) is 4.49. The van der Waals surface area contributed by atoms with Gasteiger partial charge in [0.05, 0.1) is 13.3 Å². The molecule has 2 heteroatoms. The summed E-state index contributed by atoms with van der Waals surface area (Å²) in [6.07, 6.45) is 8.53. The zero-order valence-corrected chi connectivity index (χ0v) is 8.13. The van der Waals surface area contributed by atoms with E-state index in [9.17, 15) is 4.39 Å². The molecule has 0 saturated heterocycles. The molecule has 0 aliphatic heterocycles. The molecule has 0 saturated carbocycles. The number of unbranched alkanes of at least 4 members (excludes halogenated alkanes) is 1. The highest BCUT2D eigenvalue weighted by molar-refractivity contribution is 5.16. The zero-order chi connectivity index (χ0) is 9.94. The third-order valence-corrected chi connectivity index (χ3v) is 1.41. The Balaban J connectivity index is 3.70. The van der Waals surface area contributed by atoms with Crippen molar-refractivity contribution in [3.8, 4) is 0 Å². The van der Waals surface area contributed by atoms with Crippen LogP contribution in [0.15, 0.2) is 36.6 Å². The standard InChI is InChI=1S/C11H17FO/c1-3-7-11(8-4-2)13-10-6-5-9-12/h3-4,7-8H,1,5-6,9-10H2,2H3/b8-4-,11-7+. The number of alkyl halides is 1. The average molecular weight is 184 g/mol. The molecule has 0 radical (unpaired) electrons. The molecule has 0 unspecified atom stereocenters. The van der Waals surface area contributed by atoms with Gasteiger partial charge in [0, 0.05) is 0 Å². The molecule has 0 atom stereocenters. The molecular formula is C11H17FO. The van der Waals surface area contributed by atoms with Crippen LogP contribution >= 0.6 is 0 Å². The second-order valence-corrected chi connectivity index (χ2v) is 2.55. The molecule has 0 aliphatic carbocycles. The Labute approximate surface area is 79.6 Å². The lowest BCUT2D eigenvalue weighted by Gasteiger charge is -2.04. The summed E-state index contributed by atoms with van der Waals surface area (Å²) in [5.41, 5.74) is 0. The Hall–Kier alpha value is -1.05. The van der Waals surface area contributed by atoms with E-state index in [0.29, 0.717) is 13.0 Å². The van der Waals surface area contributed by atoms with Crippen LogP contribution in [0, 0.1) is 0 Å². The molecule has 74 valence electrons. The van der Waals surface area contributed by atoms with Crippen LogP contribution in [-0.4, -0.2) is 13.3 Å². The van der Waals surface area contributed by atoms with Crippen molar-refractivity contribution in [3.05, 3.63) is 36.6 Å². The van der Waals surface area contributed by atoms with Gasteiger partial charge in [-0.1, -0.05) is 18.7 Å². The number of rotatable bonds is 7. The Morgan fingerprint density at radius 2 is 2.23 bits per heavy atom. The van der Waals surface area contributed by atoms with Crippen molar-refractivity contribution >= 4 is 0 Å². The van der Waals surface area contributed by atoms with Gasteiger partial charge >= 0.3 is 0 Å². The average Bonchev–Trinajstić information content (AvgIpc) is 2.13. The van der Waals surface area contributed by atoms with Gasteiger partial charge in [0.1, 0.15) is 5.76 Å². The van der Waals surface area contributed by atoms with E-state index in [1.807, 2.05) is 19.1 Å². The maximum Gasteiger partial charge on any atom is 0.118 e. The Bertz CT molecular complexity index is 183. The molecule has 0 heterocycles. The normalized spacial score (nSPS) is 12.0. The first-order valence-electron chi connectivity index (χ1n) is 4.49. The largest absolute Gasteiger partial charge is 0.494 e. The van der Waals surface area contributed by atoms with Gasteiger partial charge in [0.2, 0.25) is 0 Å². The van der Waals surface area contributed by atoms with Crippen LogP contribution in [0.1, 0.15) is 19.8 Å². The maximum absolute atomic E-state index is 11.7. The molecule has 0 amide bonds. The maximum atomic E-state index is 11.7. The molecular weight excluding hydrogens is 167 g/mol. The number of hydrogen-bond donors (Lipinski definition) is 0. The monoisotopic (exact) mass is 184 g/mol. The predicted octanol–water partition coefficient (Wildman–Crippen LogP) is 3.40. The minimum Gasteiger partial charge on any atom is -0.494 e. The van der Waals surface area contributed by atoms with E-state index >= 15 is 0 Å². The van der Waals surface area contributed by atoms with Crippen LogP contribution in [0.25, 0.3) is 0 Å². The highest BCUT2D eigenvalue weighted by Gasteiger charge is 1.91. The van der Waals surface area contributed by atoms with Crippen molar-refractivity contribution in [1.29, 1.82) is 0 Å². The summed E-state index contributed by atoms with van der Waals surface area (Å²) in [6.45, 7) is 5.79. The molecule has 13 heavy (non-hydrogen) atoms. The Kier molecular flexibility index (Phi) is 8.31. The van der Waals surface area contributed by atoms with E-state index in [0.717, 1.165) is 12.2 Å². The first kappa shape index (κ1) is 11.9. The summed E-state index contributed by atoms with van der Waals surface area (Å²) in [6, 6.07) is 0. The molecule has 0 rings (SSSR count). The SMILES string of the molecule is C=C/C=C(\C=C/C)OCCCCF. The van der Waals surface area contributed by atoms with Crippen molar-refractivity contribution in [2.75, 3.05) is 13.3 Å². The van der Waals surface area contributed by atoms with Crippen molar-refractivity contribution in [2.45, 2.75) is 19.8 Å². The van der Waals surface area contributed by atoms with Gasteiger partial charge in [0.25, 0.3) is 0 Å². The highest BCUT2D eigenvalue weighted by Crippen LogP contribution is 2.02. The van der Waals surface area contributed by atoms with Crippen LogP contribution in [0.5, 0.6) is 0 Å². The molecule has 0 bridgehead atoms. The van der Waals surface area contributed by atoms with E-state index in [2.05, 4.69) is 6.58 Å². The summed E-state index contributed by atoms with van der Waals surface area (Å²) in [7, 11) is 0. The van der Waals surface area contributed by atoms with E-state index in [1.165, 1.54) is 0 Å². The summed E-state index contributed by atoms with van der Waals surface area (Å²) < 4.78 is 17.1. The Morgan fingerprint density at radius 3 is 2.77 bits per heavy atom. The fourth-order valence-corrected chi connectivity index (χ4v) is 0.819. The van der Waals surface area contributed by atoms with Gasteiger partial charge in [0.15, 0.2) is 0 Å².